The summed E-state index contributed by atoms with van der Waals surface area (Å²) in [7, 11) is 0. The lowest BCUT2D eigenvalue weighted by Crippen LogP contribution is -2.62. The summed E-state index contributed by atoms with van der Waals surface area (Å²) >= 11 is 0. The number of nitrogens with one attached hydrogen (secondary N) is 3. The number of carbonyl (C=O) groups excluding carboxylic acids is 1. The van der Waals surface area contributed by atoms with Gasteiger partial charge in [0.25, 0.3) is 5.96 Å². The Balaban J connectivity index is 1.45. The van der Waals surface area contributed by atoms with Crippen molar-refractivity contribution >= 4 is 35.3 Å². The van der Waals surface area contributed by atoms with Crippen LogP contribution in [0.25, 0.3) is 0 Å². The Morgan fingerprint density at radius 1 is 1.31 bits per heavy atom. The van der Waals surface area contributed by atoms with Crippen LogP contribution >= 0.6 is 0 Å². The normalized spacial score (nSPS) is 25.9. The minimum absolute atomic E-state index is 0.00675. The highest BCUT2D eigenvalue weighted by molar-refractivity contribution is 6.30. The molecule has 168 valence electrons. The molecule has 10 heteroatoms. The molecule has 10 nitrogen and oxygen atoms in total. The number of guanidine groups is 1. The van der Waals surface area contributed by atoms with Crippen LogP contribution in [0.5, 0.6) is 0 Å². The zero-order valence-electron chi connectivity index (χ0n) is 18.4. The molecule has 5 rings (SSSR count). The second-order valence-electron chi connectivity index (χ2n) is 8.95. The van der Waals surface area contributed by atoms with Crippen molar-refractivity contribution in [2.75, 3.05) is 36.9 Å². The second kappa shape index (κ2) is 7.89. The van der Waals surface area contributed by atoms with E-state index >= 15 is 0 Å². The van der Waals surface area contributed by atoms with Gasteiger partial charge in [0.1, 0.15) is 6.21 Å². The Kier molecular flexibility index (Phi) is 5.17. The van der Waals surface area contributed by atoms with E-state index in [1.54, 1.807) is 12.4 Å². The van der Waals surface area contributed by atoms with Gasteiger partial charge in [0, 0.05) is 11.4 Å². The van der Waals surface area contributed by atoms with Crippen LogP contribution in [-0.2, 0) is 10.2 Å². The summed E-state index contributed by atoms with van der Waals surface area (Å²) < 4.78 is 0.0613. The number of rotatable bonds is 5. The number of piperidine rings is 1. The van der Waals surface area contributed by atoms with Gasteiger partial charge in [-0.1, -0.05) is 6.07 Å². The van der Waals surface area contributed by atoms with E-state index in [0.717, 1.165) is 42.9 Å². The van der Waals surface area contributed by atoms with Gasteiger partial charge >= 0.3 is 5.84 Å². The maximum absolute atomic E-state index is 12.3. The van der Waals surface area contributed by atoms with Crippen molar-refractivity contribution in [2.24, 2.45) is 15.1 Å². The summed E-state index contributed by atoms with van der Waals surface area (Å²) in [5.74, 6) is 1.13. The van der Waals surface area contributed by atoms with Gasteiger partial charge in [-0.3, -0.25) is 9.79 Å². The van der Waals surface area contributed by atoms with Gasteiger partial charge < -0.3 is 21.1 Å². The quantitative estimate of drug-likeness (QED) is 0.519. The molecule has 1 atom stereocenters. The Bertz CT molecular complexity index is 1050. The third-order valence-electron chi connectivity index (χ3n) is 6.57. The number of hydrogen-bond donors (Lipinski definition) is 4. The fourth-order valence-corrected chi connectivity index (χ4v) is 4.78. The van der Waals surface area contributed by atoms with Crippen LogP contribution in [0.4, 0.5) is 11.4 Å². The molecule has 4 aliphatic rings. The number of amides is 1. The molecular weight excluding hydrogens is 408 g/mol. The molecule has 1 unspecified atom stereocenters. The first-order chi connectivity index (χ1) is 15.4. The molecule has 0 aliphatic carbocycles. The van der Waals surface area contributed by atoms with E-state index in [2.05, 4.69) is 26.0 Å². The summed E-state index contributed by atoms with van der Waals surface area (Å²) in [4.78, 5) is 21.3. The minimum atomic E-state index is -0.546. The summed E-state index contributed by atoms with van der Waals surface area (Å²) in [6, 6.07) is 6.07. The third-order valence-corrected chi connectivity index (χ3v) is 6.57. The van der Waals surface area contributed by atoms with E-state index in [-0.39, 0.29) is 23.3 Å². The van der Waals surface area contributed by atoms with Crippen molar-refractivity contribution in [3.63, 3.8) is 0 Å². The van der Waals surface area contributed by atoms with E-state index in [4.69, 9.17) is 10.1 Å². The lowest BCUT2D eigenvalue weighted by atomic mass is 9.86. The monoisotopic (exact) mass is 437 g/mol. The molecule has 4 aliphatic heterocycles. The minimum Gasteiger partial charge on any atom is -0.395 e. The van der Waals surface area contributed by atoms with Gasteiger partial charge in [0.15, 0.2) is 6.20 Å². The molecule has 0 saturated carbocycles. The number of benzene rings is 1. The molecule has 4 N–H and O–H groups in total. The molecule has 0 bridgehead atoms. The summed E-state index contributed by atoms with van der Waals surface area (Å²) in [6.45, 7) is 6.20. The lowest BCUT2D eigenvalue weighted by molar-refractivity contribution is -0.922. The third kappa shape index (κ3) is 3.36. The van der Waals surface area contributed by atoms with E-state index in [0.29, 0.717) is 18.3 Å². The van der Waals surface area contributed by atoms with Crippen LogP contribution < -0.4 is 16.0 Å². The summed E-state index contributed by atoms with van der Waals surface area (Å²) in [5, 5.41) is 26.6. The Morgan fingerprint density at radius 2 is 2.12 bits per heavy atom. The molecule has 0 aromatic heterocycles. The topological polar surface area (TPSA) is 114 Å². The number of anilines is 2. The van der Waals surface area contributed by atoms with Crippen LogP contribution in [0.3, 0.4) is 0 Å². The fraction of sp³-hybridized carbons (Fsp3) is 0.455. The number of hydrogen-bond acceptors (Lipinski definition) is 8. The predicted octanol–water partition coefficient (Wildman–Crippen LogP) is 1.35. The van der Waals surface area contributed by atoms with Gasteiger partial charge in [-0.2, -0.15) is 0 Å². The molecule has 0 spiro atoms. The highest BCUT2D eigenvalue weighted by atomic mass is 16.3. The Morgan fingerprint density at radius 3 is 2.91 bits per heavy atom. The van der Waals surface area contributed by atoms with Crippen LogP contribution in [0.1, 0.15) is 32.3 Å². The highest BCUT2D eigenvalue weighted by Gasteiger charge is 2.49. The molecule has 4 heterocycles. The van der Waals surface area contributed by atoms with Crippen LogP contribution in [0.15, 0.2) is 45.7 Å². The number of fused-ring (bicyclic) bond motifs is 2. The maximum atomic E-state index is 12.3. The van der Waals surface area contributed by atoms with E-state index in [1.807, 2.05) is 38.2 Å². The Labute approximate surface area is 187 Å². The molecule has 1 aromatic rings. The zero-order chi connectivity index (χ0) is 22.3. The van der Waals surface area contributed by atoms with Gasteiger partial charge in [-0.05, 0) is 67.3 Å². The number of aliphatic hydroxyl groups excluding tert-OH is 1. The van der Waals surface area contributed by atoms with Crippen molar-refractivity contribution in [3.8, 4) is 0 Å². The van der Waals surface area contributed by atoms with Crippen LogP contribution in [0, 0.1) is 0 Å². The van der Waals surface area contributed by atoms with Crippen LogP contribution in [0.2, 0.25) is 0 Å². The first-order valence-corrected chi connectivity index (χ1v) is 11.0. The highest BCUT2D eigenvalue weighted by Crippen LogP contribution is 2.39. The molecule has 1 amide bonds. The number of quaternary nitrogens is 1. The Hall–Kier alpha value is -2.92. The SMILES string of the molecule is CC1(C)C(=O)Nc2cc(NC3=N[N+]4(N(CCO)C5CCNCC5)C=CN=CC4=N3)ccc21. The van der Waals surface area contributed by atoms with E-state index in [9.17, 15) is 9.90 Å². The lowest BCUT2D eigenvalue weighted by Gasteiger charge is -2.40. The molecule has 1 fully saturated rings. The van der Waals surface area contributed by atoms with Crippen molar-refractivity contribution in [1.82, 2.24) is 10.3 Å². The molecule has 1 saturated heterocycles. The zero-order valence-corrected chi connectivity index (χ0v) is 18.4. The smallest absolute Gasteiger partial charge is 0.301 e. The molecule has 1 aromatic carbocycles. The van der Waals surface area contributed by atoms with E-state index < -0.39 is 5.41 Å². The average molecular weight is 438 g/mol. The maximum Gasteiger partial charge on any atom is 0.301 e. The van der Waals surface area contributed by atoms with Crippen LogP contribution in [-0.4, -0.2) is 71.0 Å². The summed E-state index contributed by atoms with van der Waals surface area (Å²) in [6.07, 6.45) is 7.28. The summed E-state index contributed by atoms with van der Waals surface area (Å²) in [5.41, 5.74) is 2.02. The first kappa shape index (κ1) is 21.0. The van der Waals surface area contributed by atoms with Gasteiger partial charge in [-0.15, -0.1) is 10.0 Å². The second-order valence-corrected chi connectivity index (χ2v) is 8.95. The first-order valence-electron chi connectivity index (χ1n) is 11.0. The van der Waals surface area contributed by atoms with E-state index in [1.165, 1.54) is 0 Å². The van der Waals surface area contributed by atoms with Crippen molar-refractivity contribution < 1.29 is 14.6 Å². The number of nitrogens with zero attached hydrogens (tertiary/aromatic N) is 5. The van der Waals surface area contributed by atoms with Crippen molar-refractivity contribution in [1.29, 1.82) is 0 Å². The number of aliphatic hydroxyl groups is 1. The molecular formula is C22H29N8O2+. The van der Waals surface area contributed by atoms with Gasteiger partial charge in [-0.25, -0.2) is 0 Å². The predicted molar refractivity (Wildman–Crippen MR) is 124 cm³/mol. The molecule has 0 radical (unpaired) electrons. The number of aliphatic imine (C=N–C) groups is 2. The number of carbonyl (C=O) groups is 1. The van der Waals surface area contributed by atoms with Gasteiger partial charge in [0.2, 0.25) is 5.91 Å². The largest absolute Gasteiger partial charge is 0.395 e. The standard InChI is InChI=1S/C22H28N8O2/c1-22(2)17-4-3-15(13-18(17)26-20(22)32)25-21-27-19-14-24-9-11-30(19,28-21)29(10-12-31)16-5-7-23-8-6-16/h3-4,9,11,13-14,16,23,31H,5-8,10,12H2,1-2H3,(H-,25,26,28,32)/p+1. The fourth-order valence-electron chi connectivity index (χ4n) is 4.78. The van der Waals surface area contributed by atoms with Crippen molar-refractivity contribution in [2.45, 2.75) is 38.1 Å². The average Bonchev–Trinajstić information content (AvgIpc) is 3.26. The molecule has 32 heavy (non-hydrogen) atoms. The van der Waals surface area contributed by atoms with Gasteiger partial charge in [0.05, 0.1) is 30.8 Å². The van der Waals surface area contributed by atoms with Crippen molar-refractivity contribution in [3.05, 3.63) is 36.2 Å². The number of amidine groups is 1.